The lowest BCUT2D eigenvalue weighted by molar-refractivity contribution is -0.127. The van der Waals surface area contributed by atoms with E-state index in [4.69, 9.17) is 4.74 Å². The molecule has 0 radical (unpaired) electrons. The van der Waals surface area contributed by atoms with E-state index in [9.17, 15) is 4.79 Å². The normalized spacial score (nSPS) is 18.2. The van der Waals surface area contributed by atoms with Crippen molar-refractivity contribution in [2.24, 2.45) is 4.99 Å². The molecule has 1 aromatic carbocycles. The summed E-state index contributed by atoms with van der Waals surface area (Å²) in [4.78, 5) is 17.8. The van der Waals surface area contributed by atoms with Gasteiger partial charge in [-0.25, -0.2) is 4.99 Å². The predicted molar refractivity (Wildman–Crippen MR) is 96.3 cm³/mol. The van der Waals surface area contributed by atoms with Gasteiger partial charge in [-0.1, -0.05) is 25.1 Å². The fourth-order valence-corrected chi connectivity index (χ4v) is 2.41. The largest absolute Gasteiger partial charge is 0.493 e. The lowest BCUT2D eigenvalue weighted by Gasteiger charge is -2.29. The molecule has 2 unspecified atom stereocenters. The van der Waals surface area contributed by atoms with E-state index >= 15 is 0 Å². The molecule has 1 aliphatic rings. The Bertz CT molecular complexity index is 586. The van der Waals surface area contributed by atoms with Crippen molar-refractivity contribution in [3.05, 3.63) is 29.8 Å². The Morgan fingerprint density at radius 2 is 2.17 bits per heavy atom. The molecule has 0 aliphatic carbocycles. The Hall–Kier alpha value is -2.24. The number of para-hydroxylation sites is 1. The minimum Gasteiger partial charge on any atom is -0.493 e. The molecule has 2 rings (SSSR count). The first-order valence-electron chi connectivity index (χ1n) is 8.50. The van der Waals surface area contributed by atoms with Crippen LogP contribution in [0.25, 0.3) is 0 Å². The van der Waals surface area contributed by atoms with Gasteiger partial charge in [-0.3, -0.25) is 4.79 Å². The average molecular weight is 332 g/mol. The topological polar surface area (TPSA) is 66.0 Å². The zero-order valence-corrected chi connectivity index (χ0v) is 15.0. The van der Waals surface area contributed by atoms with Crippen LogP contribution in [0.3, 0.4) is 0 Å². The second-order valence-corrected chi connectivity index (χ2v) is 6.28. The fourth-order valence-electron chi connectivity index (χ4n) is 2.41. The number of amides is 1. The van der Waals surface area contributed by atoms with Gasteiger partial charge in [-0.15, -0.1) is 0 Å². The van der Waals surface area contributed by atoms with Crippen LogP contribution in [0.2, 0.25) is 0 Å². The van der Waals surface area contributed by atoms with Crippen molar-refractivity contribution in [2.75, 3.05) is 27.2 Å². The van der Waals surface area contributed by atoms with E-state index < -0.39 is 0 Å². The summed E-state index contributed by atoms with van der Waals surface area (Å²) in [5.74, 6) is 1.56. The summed E-state index contributed by atoms with van der Waals surface area (Å²) in [5, 5.41) is 6.83. The minimum absolute atomic E-state index is 0.0207. The molecule has 24 heavy (non-hydrogen) atoms. The molecule has 0 spiro atoms. The highest BCUT2D eigenvalue weighted by Crippen LogP contribution is 2.31. The number of rotatable bonds is 5. The molecule has 0 bridgehead atoms. The summed E-state index contributed by atoms with van der Waals surface area (Å²) in [6, 6.07) is 8.44. The van der Waals surface area contributed by atoms with Crippen LogP contribution in [0.4, 0.5) is 0 Å². The monoisotopic (exact) mass is 332 g/mol. The second-order valence-electron chi connectivity index (χ2n) is 6.28. The molecule has 0 saturated heterocycles. The number of hydrogen-bond donors (Lipinski definition) is 2. The van der Waals surface area contributed by atoms with Gasteiger partial charge >= 0.3 is 0 Å². The van der Waals surface area contributed by atoms with Crippen molar-refractivity contribution in [3.63, 3.8) is 0 Å². The number of likely N-dealkylation sites (N-methyl/N-ethyl adjacent to an activating group) is 1. The van der Waals surface area contributed by atoms with Crippen molar-refractivity contribution in [3.8, 4) is 5.75 Å². The summed E-state index contributed by atoms with van der Waals surface area (Å²) < 4.78 is 5.71. The summed E-state index contributed by atoms with van der Waals surface area (Å²) in [6.07, 6.45) is 1.84. The third-order valence-corrected chi connectivity index (χ3v) is 4.14. The number of carbonyl (C=O) groups is 1. The number of fused-ring (bicyclic) bond motifs is 1. The summed E-state index contributed by atoms with van der Waals surface area (Å²) in [5.41, 5.74) is 1.13. The van der Waals surface area contributed by atoms with Crippen LogP contribution < -0.4 is 15.4 Å². The third-order valence-electron chi connectivity index (χ3n) is 4.14. The van der Waals surface area contributed by atoms with Crippen LogP contribution in [0, 0.1) is 0 Å². The second kappa shape index (κ2) is 8.57. The number of nitrogens with zero attached hydrogens (tertiary/aromatic N) is 2. The molecule has 0 fully saturated rings. The molecular weight excluding hydrogens is 304 g/mol. The fraction of sp³-hybridized carbons (Fsp3) is 0.556. The van der Waals surface area contributed by atoms with Gasteiger partial charge < -0.3 is 20.3 Å². The first-order chi connectivity index (χ1) is 11.5. The Balaban J connectivity index is 2.13. The Morgan fingerprint density at radius 3 is 2.88 bits per heavy atom. The zero-order valence-electron chi connectivity index (χ0n) is 15.0. The van der Waals surface area contributed by atoms with Crippen molar-refractivity contribution < 1.29 is 9.53 Å². The van der Waals surface area contributed by atoms with E-state index in [2.05, 4.69) is 35.5 Å². The van der Waals surface area contributed by atoms with Gasteiger partial charge in [0.15, 0.2) is 5.96 Å². The highest BCUT2D eigenvalue weighted by atomic mass is 16.5. The molecule has 1 aliphatic heterocycles. The quantitative estimate of drug-likeness (QED) is 0.639. The molecule has 1 amide bonds. The van der Waals surface area contributed by atoms with Crippen LogP contribution in [0.1, 0.15) is 38.3 Å². The highest BCUT2D eigenvalue weighted by molar-refractivity contribution is 5.85. The van der Waals surface area contributed by atoms with Gasteiger partial charge in [0, 0.05) is 32.1 Å². The Morgan fingerprint density at radius 1 is 1.42 bits per heavy atom. The average Bonchev–Trinajstić information content (AvgIpc) is 2.59. The number of hydrogen-bond acceptors (Lipinski definition) is 3. The van der Waals surface area contributed by atoms with E-state index in [-0.39, 0.29) is 24.5 Å². The molecule has 6 heteroatoms. The van der Waals surface area contributed by atoms with Gasteiger partial charge in [0.05, 0.1) is 12.6 Å². The predicted octanol–water partition coefficient (Wildman–Crippen LogP) is 1.93. The van der Waals surface area contributed by atoms with E-state index in [1.165, 1.54) is 0 Å². The Kier molecular flexibility index (Phi) is 6.46. The molecule has 2 atom stereocenters. The minimum atomic E-state index is -0.0207. The van der Waals surface area contributed by atoms with Crippen molar-refractivity contribution in [1.29, 1.82) is 0 Å². The van der Waals surface area contributed by atoms with Gasteiger partial charge in [0.25, 0.3) is 0 Å². The number of carbonyl (C=O) groups excluding carboxylic acids is 1. The van der Waals surface area contributed by atoms with Crippen LogP contribution in [0.15, 0.2) is 29.3 Å². The van der Waals surface area contributed by atoms with E-state index in [0.29, 0.717) is 12.6 Å². The van der Waals surface area contributed by atoms with E-state index in [1.807, 2.05) is 18.2 Å². The summed E-state index contributed by atoms with van der Waals surface area (Å²) >= 11 is 0. The number of aliphatic imine (C=N–C) groups is 1. The summed E-state index contributed by atoms with van der Waals surface area (Å²) in [6.45, 7) is 5.01. The number of nitrogens with one attached hydrogen (secondary N) is 2. The van der Waals surface area contributed by atoms with Crippen LogP contribution in [0.5, 0.6) is 5.75 Å². The van der Waals surface area contributed by atoms with E-state index in [1.54, 1.807) is 19.0 Å². The van der Waals surface area contributed by atoms with Crippen LogP contribution >= 0.6 is 0 Å². The van der Waals surface area contributed by atoms with Gasteiger partial charge in [0.2, 0.25) is 5.91 Å². The van der Waals surface area contributed by atoms with E-state index in [0.717, 1.165) is 24.2 Å². The third kappa shape index (κ3) is 4.88. The van der Waals surface area contributed by atoms with Crippen LogP contribution in [-0.2, 0) is 4.79 Å². The maximum absolute atomic E-state index is 11.8. The highest BCUT2D eigenvalue weighted by Gasteiger charge is 2.22. The molecule has 1 aromatic rings. The van der Waals surface area contributed by atoms with Crippen LogP contribution in [-0.4, -0.2) is 50.1 Å². The molecule has 132 valence electrons. The number of benzene rings is 1. The number of ether oxygens (including phenoxy) is 1. The molecule has 1 heterocycles. The maximum atomic E-state index is 11.8. The SMILES string of the molecule is CCC(C)NC(=NCC(=O)N(C)C)NC1CCOc2ccccc21. The van der Waals surface area contributed by atoms with Crippen molar-refractivity contribution >= 4 is 11.9 Å². The maximum Gasteiger partial charge on any atom is 0.243 e. The lowest BCUT2D eigenvalue weighted by atomic mass is 10.0. The first-order valence-corrected chi connectivity index (χ1v) is 8.50. The van der Waals surface area contributed by atoms with Crippen molar-refractivity contribution in [1.82, 2.24) is 15.5 Å². The summed E-state index contributed by atoms with van der Waals surface area (Å²) in [7, 11) is 3.48. The van der Waals surface area contributed by atoms with Gasteiger partial charge in [-0.2, -0.15) is 0 Å². The molecular formula is C18H28N4O2. The van der Waals surface area contributed by atoms with Gasteiger partial charge in [0.1, 0.15) is 12.3 Å². The smallest absolute Gasteiger partial charge is 0.243 e. The first kappa shape index (κ1) is 18.1. The van der Waals surface area contributed by atoms with Gasteiger partial charge in [-0.05, 0) is 19.4 Å². The zero-order chi connectivity index (χ0) is 17.5. The lowest BCUT2D eigenvalue weighted by Crippen LogP contribution is -2.45. The van der Waals surface area contributed by atoms with Crippen molar-refractivity contribution in [2.45, 2.75) is 38.8 Å². The standard InChI is InChI=1S/C18H28N4O2/c1-5-13(2)20-18(19-12-17(23)22(3)4)21-15-10-11-24-16-9-7-6-8-14(15)16/h6-9,13,15H,5,10-12H2,1-4H3,(H2,19,20,21). The molecule has 0 saturated carbocycles. The molecule has 0 aromatic heterocycles. The molecule has 6 nitrogen and oxygen atoms in total. The Labute approximate surface area is 144 Å². The number of guanidine groups is 1. The molecule has 2 N–H and O–H groups in total.